The van der Waals surface area contributed by atoms with Crippen molar-refractivity contribution >= 4 is 34.8 Å². The van der Waals surface area contributed by atoms with Gasteiger partial charge in [0.25, 0.3) is 11.4 Å². The predicted octanol–water partition coefficient (Wildman–Crippen LogP) is 3.86. The molecule has 0 aliphatic carbocycles. The van der Waals surface area contributed by atoms with Crippen LogP contribution in [0.15, 0.2) is 30.3 Å². The highest BCUT2D eigenvalue weighted by molar-refractivity contribution is 5.95. The maximum absolute atomic E-state index is 13.5. The lowest BCUT2D eigenvalue weighted by Crippen LogP contribution is -2.22. The van der Waals surface area contributed by atoms with E-state index in [0.29, 0.717) is 12.1 Å². The number of amides is 1. The van der Waals surface area contributed by atoms with Crippen LogP contribution in [0.3, 0.4) is 0 Å². The second-order valence-corrected chi connectivity index (χ2v) is 5.24. The van der Waals surface area contributed by atoms with Gasteiger partial charge in [0, 0.05) is 6.07 Å². The van der Waals surface area contributed by atoms with Gasteiger partial charge in [-0.05, 0) is 12.1 Å². The normalized spacial score (nSPS) is 11.0. The quantitative estimate of drug-likeness (QED) is 0.299. The minimum atomic E-state index is -5.43. The van der Waals surface area contributed by atoms with E-state index in [1.165, 1.54) is 0 Å². The van der Waals surface area contributed by atoms with Gasteiger partial charge in [-0.15, -0.1) is 0 Å². The van der Waals surface area contributed by atoms with Gasteiger partial charge >= 0.3 is 11.9 Å². The summed E-state index contributed by atoms with van der Waals surface area (Å²) < 4.78 is 53.8. The number of hydrogen-bond donors (Lipinski definition) is 0. The van der Waals surface area contributed by atoms with Crippen molar-refractivity contribution in [3.63, 3.8) is 0 Å². The number of halogens is 4. The average Bonchev–Trinajstić information content (AvgIpc) is 2.61. The monoisotopic (exact) mass is 418 g/mol. The molecule has 0 N–H and O–H groups in total. The number of carbonyl (C=O) groups is 1. The molecule has 0 bridgehead atoms. The van der Waals surface area contributed by atoms with Crippen LogP contribution >= 0.6 is 0 Å². The van der Waals surface area contributed by atoms with Gasteiger partial charge in [-0.3, -0.25) is 40.0 Å². The maximum atomic E-state index is 13.5. The summed E-state index contributed by atoms with van der Waals surface area (Å²) in [6, 6.07) is 1.53. The van der Waals surface area contributed by atoms with Crippen LogP contribution in [0.4, 0.5) is 46.0 Å². The molecule has 0 atom stereocenters. The second-order valence-electron chi connectivity index (χ2n) is 5.24. The minimum Gasteiger partial charge on any atom is -0.278 e. The summed E-state index contributed by atoms with van der Waals surface area (Å²) in [7, 11) is 0. The molecule has 0 unspecified atom stereocenters. The number of nitrogens with zero attached hydrogens (tertiary/aromatic N) is 4. The number of nitro benzene ring substituents is 3. The molecule has 1 amide bonds. The molecule has 2 rings (SSSR count). The van der Waals surface area contributed by atoms with Gasteiger partial charge in [0.15, 0.2) is 0 Å². The fourth-order valence-corrected chi connectivity index (χ4v) is 2.39. The van der Waals surface area contributed by atoms with Crippen molar-refractivity contribution in [1.29, 1.82) is 0 Å². The first-order valence-electron chi connectivity index (χ1n) is 7.11. The molecule has 11 nitrogen and oxygen atoms in total. The Balaban J connectivity index is 2.98. The predicted molar refractivity (Wildman–Crippen MR) is 86.0 cm³/mol. The van der Waals surface area contributed by atoms with Crippen LogP contribution < -0.4 is 4.90 Å². The summed E-state index contributed by atoms with van der Waals surface area (Å²) in [6.45, 7) is 0. The van der Waals surface area contributed by atoms with Crippen molar-refractivity contribution in [2.24, 2.45) is 0 Å². The molecule has 0 saturated carbocycles. The molecule has 0 spiro atoms. The number of carbonyl (C=O) groups excluding carboxylic acids is 1. The van der Waals surface area contributed by atoms with Crippen molar-refractivity contribution in [2.75, 3.05) is 4.90 Å². The lowest BCUT2D eigenvalue weighted by Gasteiger charge is -2.21. The van der Waals surface area contributed by atoms with Crippen LogP contribution in [-0.2, 0) is 11.0 Å². The first kappa shape index (κ1) is 21.1. The van der Waals surface area contributed by atoms with Gasteiger partial charge in [0.1, 0.15) is 17.2 Å². The van der Waals surface area contributed by atoms with E-state index in [2.05, 4.69) is 0 Å². The summed E-state index contributed by atoms with van der Waals surface area (Å²) in [5, 5.41) is 33.3. The van der Waals surface area contributed by atoms with Gasteiger partial charge in [0.05, 0.1) is 32.5 Å². The summed E-state index contributed by atoms with van der Waals surface area (Å²) in [4.78, 5) is 40.7. The summed E-state index contributed by atoms with van der Waals surface area (Å²) >= 11 is 0. The highest BCUT2D eigenvalue weighted by atomic mass is 19.4. The van der Waals surface area contributed by atoms with E-state index in [0.717, 1.165) is 0 Å². The summed E-state index contributed by atoms with van der Waals surface area (Å²) in [6.07, 6.45) is -5.83. The van der Waals surface area contributed by atoms with E-state index >= 15 is 0 Å². The van der Waals surface area contributed by atoms with Crippen molar-refractivity contribution in [1.82, 2.24) is 0 Å². The molecule has 0 heterocycles. The number of nitro groups is 3. The minimum absolute atomic E-state index is 0.0613. The first-order chi connectivity index (χ1) is 13.4. The van der Waals surface area contributed by atoms with Gasteiger partial charge in [0.2, 0.25) is 6.41 Å². The standard InChI is InChI=1S/C14H6F4N4O7/c15-7-1-2-10(11(3-7)21(26)27)19(6-23)13-9(14(16,17)18)4-8(20(24)25)5-12(13)22(28)29/h1-6H. The number of benzene rings is 2. The van der Waals surface area contributed by atoms with Gasteiger partial charge in [-0.1, -0.05) is 0 Å². The molecule has 0 aromatic heterocycles. The summed E-state index contributed by atoms with van der Waals surface area (Å²) in [5.74, 6) is -1.17. The van der Waals surface area contributed by atoms with E-state index < -0.39 is 67.2 Å². The SMILES string of the molecule is O=CN(c1ccc(F)cc1[N+](=O)[O-])c1c([N+](=O)[O-])cc([N+](=O)[O-])cc1C(F)(F)F. The number of rotatable bonds is 6. The molecule has 0 radical (unpaired) electrons. The molecule has 2 aromatic carbocycles. The Morgan fingerprint density at radius 1 is 0.897 bits per heavy atom. The van der Waals surface area contributed by atoms with Crippen molar-refractivity contribution in [3.8, 4) is 0 Å². The lowest BCUT2D eigenvalue weighted by molar-refractivity contribution is -0.394. The fourth-order valence-electron chi connectivity index (χ4n) is 2.39. The van der Waals surface area contributed by atoms with Crippen LogP contribution in [0, 0.1) is 36.2 Å². The van der Waals surface area contributed by atoms with E-state index in [4.69, 9.17) is 0 Å². The highest BCUT2D eigenvalue weighted by Crippen LogP contribution is 2.47. The largest absolute Gasteiger partial charge is 0.418 e. The number of alkyl halides is 3. The lowest BCUT2D eigenvalue weighted by atomic mass is 10.1. The molecule has 2 aromatic rings. The van der Waals surface area contributed by atoms with E-state index in [1.807, 2.05) is 0 Å². The molecular weight excluding hydrogens is 412 g/mol. The first-order valence-corrected chi connectivity index (χ1v) is 7.11. The molecule has 0 fully saturated rings. The van der Waals surface area contributed by atoms with Crippen LogP contribution in [0.25, 0.3) is 0 Å². The Morgan fingerprint density at radius 2 is 1.48 bits per heavy atom. The zero-order chi connectivity index (χ0) is 22.1. The zero-order valence-electron chi connectivity index (χ0n) is 13.6. The zero-order valence-corrected chi connectivity index (χ0v) is 13.6. The van der Waals surface area contributed by atoms with Crippen LogP contribution in [0.2, 0.25) is 0 Å². The molecule has 29 heavy (non-hydrogen) atoms. The molecule has 152 valence electrons. The van der Waals surface area contributed by atoms with Crippen molar-refractivity contribution < 1.29 is 37.1 Å². The Morgan fingerprint density at radius 3 is 1.93 bits per heavy atom. The fraction of sp³-hybridized carbons (Fsp3) is 0.0714. The van der Waals surface area contributed by atoms with E-state index in [9.17, 15) is 52.7 Å². The van der Waals surface area contributed by atoms with Crippen LogP contribution in [0.5, 0.6) is 0 Å². The molecule has 0 aliphatic heterocycles. The Kier molecular flexibility index (Phi) is 5.43. The molecule has 0 saturated heterocycles. The Hall–Kier alpha value is -4.17. The smallest absolute Gasteiger partial charge is 0.278 e. The van der Waals surface area contributed by atoms with E-state index in [1.54, 1.807) is 0 Å². The van der Waals surface area contributed by atoms with Gasteiger partial charge in [-0.25, -0.2) is 4.39 Å². The Labute approximate surface area is 156 Å². The Bertz CT molecular complexity index is 1040. The molecule has 0 aliphatic rings. The summed E-state index contributed by atoms with van der Waals surface area (Å²) in [5.41, 5.74) is -8.38. The third-order valence-corrected chi connectivity index (χ3v) is 3.53. The van der Waals surface area contributed by atoms with Crippen molar-refractivity contribution in [2.45, 2.75) is 6.18 Å². The van der Waals surface area contributed by atoms with E-state index in [-0.39, 0.29) is 23.1 Å². The molecule has 15 heteroatoms. The third-order valence-electron chi connectivity index (χ3n) is 3.53. The average molecular weight is 418 g/mol. The number of hydrogen-bond acceptors (Lipinski definition) is 7. The molecular formula is C14H6F4N4O7. The number of anilines is 2. The number of non-ortho nitro benzene ring substituents is 1. The highest BCUT2D eigenvalue weighted by Gasteiger charge is 2.42. The topological polar surface area (TPSA) is 150 Å². The second kappa shape index (κ2) is 7.45. The van der Waals surface area contributed by atoms with Crippen LogP contribution in [-0.4, -0.2) is 21.2 Å². The van der Waals surface area contributed by atoms with Gasteiger partial charge in [-0.2, -0.15) is 13.2 Å². The maximum Gasteiger partial charge on any atom is 0.418 e. The van der Waals surface area contributed by atoms with Crippen LogP contribution in [0.1, 0.15) is 5.56 Å². The van der Waals surface area contributed by atoms with Gasteiger partial charge < -0.3 is 0 Å². The van der Waals surface area contributed by atoms with Crippen molar-refractivity contribution in [3.05, 3.63) is 72.1 Å². The third kappa shape index (κ3) is 4.07.